The highest BCUT2D eigenvalue weighted by molar-refractivity contribution is 5.94. The lowest BCUT2D eigenvalue weighted by Crippen LogP contribution is -2.46. The van der Waals surface area contributed by atoms with Crippen molar-refractivity contribution in [3.63, 3.8) is 0 Å². The van der Waals surface area contributed by atoms with Crippen LogP contribution < -0.4 is 5.32 Å². The summed E-state index contributed by atoms with van der Waals surface area (Å²) < 4.78 is 1.88. The standard InChI is InChI=1S/C16H28N4O/c1-4-9-20(15-5-7-17-8-6-15)16(21)14-10-18-19(12-14)11-13(2)3/h10,12-13,15,17H,4-9,11H2,1-3H3. The fourth-order valence-corrected chi connectivity index (χ4v) is 2.92. The Morgan fingerprint density at radius 3 is 2.81 bits per heavy atom. The minimum atomic E-state index is 0.138. The maximum absolute atomic E-state index is 12.8. The summed E-state index contributed by atoms with van der Waals surface area (Å²) >= 11 is 0. The first-order valence-electron chi connectivity index (χ1n) is 8.16. The zero-order valence-electron chi connectivity index (χ0n) is 13.5. The van der Waals surface area contributed by atoms with Crippen LogP contribution >= 0.6 is 0 Å². The van der Waals surface area contributed by atoms with Crippen LogP contribution in [0.25, 0.3) is 0 Å². The SMILES string of the molecule is CCCN(C(=O)c1cnn(CC(C)C)c1)C1CCNCC1. The number of piperidine rings is 1. The first kappa shape index (κ1) is 16.0. The number of aromatic nitrogens is 2. The molecule has 1 aliphatic heterocycles. The summed E-state index contributed by atoms with van der Waals surface area (Å²) in [6, 6.07) is 0.368. The molecule has 2 heterocycles. The van der Waals surface area contributed by atoms with Gasteiger partial charge in [0, 0.05) is 25.3 Å². The van der Waals surface area contributed by atoms with E-state index in [1.165, 1.54) is 0 Å². The lowest BCUT2D eigenvalue weighted by Gasteiger charge is -2.34. The average Bonchev–Trinajstić information content (AvgIpc) is 2.92. The van der Waals surface area contributed by atoms with E-state index in [2.05, 4.69) is 36.1 Å². The van der Waals surface area contributed by atoms with Gasteiger partial charge < -0.3 is 10.2 Å². The summed E-state index contributed by atoms with van der Waals surface area (Å²) in [5, 5.41) is 7.68. The van der Waals surface area contributed by atoms with Gasteiger partial charge in [-0.15, -0.1) is 0 Å². The third-order valence-electron chi connectivity index (χ3n) is 3.91. The van der Waals surface area contributed by atoms with Gasteiger partial charge in [-0.25, -0.2) is 0 Å². The highest BCUT2D eigenvalue weighted by atomic mass is 16.2. The van der Waals surface area contributed by atoms with Gasteiger partial charge in [-0.2, -0.15) is 5.10 Å². The predicted octanol–water partition coefficient (Wildman–Crippen LogP) is 2.14. The zero-order chi connectivity index (χ0) is 15.2. The van der Waals surface area contributed by atoms with Gasteiger partial charge in [0.15, 0.2) is 0 Å². The van der Waals surface area contributed by atoms with Gasteiger partial charge in [-0.1, -0.05) is 20.8 Å². The Kier molecular flexibility index (Phi) is 5.79. The molecule has 1 fully saturated rings. The third-order valence-corrected chi connectivity index (χ3v) is 3.91. The smallest absolute Gasteiger partial charge is 0.257 e. The Balaban J connectivity index is 2.08. The highest BCUT2D eigenvalue weighted by Gasteiger charge is 2.26. The topological polar surface area (TPSA) is 50.2 Å². The van der Waals surface area contributed by atoms with E-state index < -0.39 is 0 Å². The predicted molar refractivity (Wildman–Crippen MR) is 84.3 cm³/mol. The van der Waals surface area contributed by atoms with Crippen LogP contribution in [0.1, 0.15) is 50.4 Å². The van der Waals surface area contributed by atoms with Crippen molar-refractivity contribution < 1.29 is 4.79 Å². The van der Waals surface area contributed by atoms with Crippen LogP contribution in [0.3, 0.4) is 0 Å². The molecular weight excluding hydrogens is 264 g/mol. The number of amides is 1. The van der Waals surface area contributed by atoms with E-state index >= 15 is 0 Å². The van der Waals surface area contributed by atoms with E-state index in [1.54, 1.807) is 6.20 Å². The van der Waals surface area contributed by atoms with E-state index in [0.29, 0.717) is 12.0 Å². The molecule has 21 heavy (non-hydrogen) atoms. The molecule has 0 aromatic carbocycles. The van der Waals surface area contributed by atoms with Gasteiger partial charge >= 0.3 is 0 Å². The van der Waals surface area contributed by atoms with E-state index in [1.807, 2.05) is 10.9 Å². The van der Waals surface area contributed by atoms with Crippen LogP contribution in [-0.4, -0.2) is 46.3 Å². The second kappa shape index (κ2) is 7.59. The van der Waals surface area contributed by atoms with Gasteiger partial charge in [-0.05, 0) is 38.3 Å². The highest BCUT2D eigenvalue weighted by Crippen LogP contribution is 2.16. The molecular formula is C16H28N4O. The molecule has 1 aromatic heterocycles. The number of rotatable bonds is 6. The maximum atomic E-state index is 12.8. The minimum Gasteiger partial charge on any atom is -0.335 e. The van der Waals surface area contributed by atoms with Crippen molar-refractivity contribution in [2.75, 3.05) is 19.6 Å². The molecule has 1 saturated heterocycles. The zero-order valence-corrected chi connectivity index (χ0v) is 13.5. The number of carbonyl (C=O) groups is 1. The molecule has 0 atom stereocenters. The molecule has 118 valence electrons. The van der Waals surface area contributed by atoms with Gasteiger partial charge in [-0.3, -0.25) is 9.48 Å². The molecule has 0 unspecified atom stereocenters. The quantitative estimate of drug-likeness (QED) is 0.874. The molecule has 1 aromatic rings. The molecule has 1 amide bonds. The van der Waals surface area contributed by atoms with Gasteiger partial charge in [0.2, 0.25) is 0 Å². The van der Waals surface area contributed by atoms with Crippen LogP contribution in [0, 0.1) is 5.92 Å². The van der Waals surface area contributed by atoms with Gasteiger partial charge in [0.25, 0.3) is 5.91 Å². The maximum Gasteiger partial charge on any atom is 0.257 e. The largest absolute Gasteiger partial charge is 0.335 e. The van der Waals surface area contributed by atoms with Crippen LogP contribution in [-0.2, 0) is 6.54 Å². The Morgan fingerprint density at radius 1 is 1.48 bits per heavy atom. The van der Waals surface area contributed by atoms with E-state index in [-0.39, 0.29) is 5.91 Å². The molecule has 0 aliphatic carbocycles. The molecule has 0 spiro atoms. The van der Waals surface area contributed by atoms with Crippen molar-refractivity contribution in [1.82, 2.24) is 20.0 Å². The van der Waals surface area contributed by atoms with Crippen molar-refractivity contribution in [2.24, 2.45) is 5.92 Å². The molecule has 5 heteroatoms. The van der Waals surface area contributed by atoms with Crippen molar-refractivity contribution in [3.05, 3.63) is 18.0 Å². The number of nitrogens with one attached hydrogen (secondary N) is 1. The summed E-state index contributed by atoms with van der Waals surface area (Å²) in [5.74, 6) is 0.669. The number of nitrogens with zero attached hydrogens (tertiary/aromatic N) is 3. The Morgan fingerprint density at radius 2 is 2.19 bits per heavy atom. The van der Waals surface area contributed by atoms with Crippen molar-refractivity contribution >= 4 is 5.91 Å². The van der Waals surface area contributed by atoms with Crippen LogP contribution in [0.4, 0.5) is 0 Å². The summed E-state index contributed by atoms with van der Waals surface area (Å²) in [6.07, 6.45) is 6.70. The van der Waals surface area contributed by atoms with Gasteiger partial charge in [0.1, 0.15) is 0 Å². The number of hydrogen-bond acceptors (Lipinski definition) is 3. The second-order valence-electron chi connectivity index (χ2n) is 6.32. The normalized spacial score (nSPS) is 16.4. The molecule has 0 radical (unpaired) electrons. The summed E-state index contributed by atoms with van der Waals surface area (Å²) in [5.41, 5.74) is 0.725. The lowest BCUT2D eigenvalue weighted by atomic mass is 10.0. The third kappa shape index (κ3) is 4.30. The molecule has 0 saturated carbocycles. The van der Waals surface area contributed by atoms with Crippen LogP contribution in [0.2, 0.25) is 0 Å². The van der Waals surface area contributed by atoms with E-state index in [9.17, 15) is 4.79 Å². The molecule has 2 rings (SSSR count). The fraction of sp³-hybridized carbons (Fsp3) is 0.750. The summed E-state index contributed by atoms with van der Waals surface area (Å²) in [6.45, 7) is 10.1. The Bertz CT molecular complexity index is 449. The fourth-order valence-electron chi connectivity index (χ4n) is 2.92. The van der Waals surface area contributed by atoms with E-state index in [0.717, 1.165) is 51.0 Å². The molecule has 5 nitrogen and oxygen atoms in total. The Labute approximate surface area is 127 Å². The van der Waals surface area contributed by atoms with E-state index in [4.69, 9.17) is 0 Å². The average molecular weight is 292 g/mol. The first-order chi connectivity index (χ1) is 10.1. The number of hydrogen-bond donors (Lipinski definition) is 1. The van der Waals surface area contributed by atoms with Gasteiger partial charge in [0.05, 0.1) is 11.8 Å². The van der Waals surface area contributed by atoms with Crippen molar-refractivity contribution in [2.45, 2.75) is 52.6 Å². The van der Waals surface area contributed by atoms with Crippen molar-refractivity contribution in [3.8, 4) is 0 Å². The second-order valence-corrected chi connectivity index (χ2v) is 6.32. The molecule has 1 N–H and O–H groups in total. The van der Waals surface area contributed by atoms with Crippen LogP contribution in [0.5, 0.6) is 0 Å². The molecule has 0 bridgehead atoms. The van der Waals surface area contributed by atoms with Crippen molar-refractivity contribution in [1.29, 1.82) is 0 Å². The molecule has 1 aliphatic rings. The summed E-state index contributed by atoms with van der Waals surface area (Å²) in [7, 11) is 0. The lowest BCUT2D eigenvalue weighted by molar-refractivity contribution is 0.0642. The first-order valence-corrected chi connectivity index (χ1v) is 8.16. The monoisotopic (exact) mass is 292 g/mol. The number of carbonyl (C=O) groups excluding carboxylic acids is 1. The summed E-state index contributed by atoms with van der Waals surface area (Å²) in [4.78, 5) is 14.8. The Hall–Kier alpha value is -1.36. The van der Waals surface area contributed by atoms with Crippen LogP contribution in [0.15, 0.2) is 12.4 Å². The minimum absolute atomic E-state index is 0.138.